The number of carboxylic acid groups (broad SMARTS) is 1. The van der Waals surface area contributed by atoms with Gasteiger partial charge < -0.3 is 9.84 Å². The zero-order valence-electron chi connectivity index (χ0n) is 11.6. The molecule has 2 aliphatic heterocycles. The minimum absolute atomic E-state index is 0.151. The van der Waals surface area contributed by atoms with Gasteiger partial charge in [0.05, 0.1) is 6.61 Å². The molecule has 20 heavy (non-hydrogen) atoms. The van der Waals surface area contributed by atoms with Crippen LogP contribution in [-0.2, 0) is 19.7 Å². The maximum absolute atomic E-state index is 12.4. The van der Waals surface area contributed by atoms with Crippen LogP contribution < -0.4 is 4.72 Å². The first-order chi connectivity index (χ1) is 9.42. The second-order valence-corrected chi connectivity index (χ2v) is 7.15. The fourth-order valence-electron chi connectivity index (χ4n) is 2.79. The molecule has 2 saturated heterocycles. The van der Waals surface area contributed by atoms with Crippen LogP contribution in [-0.4, -0.2) is 55.6 Å². The molecule has 0 radical (unpaired) electrons. The van der Waals surface area contributed by atoms with Gasteiger partial charge in [0.1, 0.15) is 6.04 Å². The molecule has 2 rings (SSSR count). The molecule has 0 bridgehead atoms. The molecule has 0 amide bonds. The minimum Gasteiger partial charge on any atom is -0.480 e. The molecule has 0 saturated carbocycles. The van der Waals surface area contributed by atoms with Gasteiger partial charge in [-0.25, -0.2) is 0 Å². The molecular weight excluding hydrogens is 284 g/mol. The van der Waals surface area contributed by atoms with Crippen molar-refractivity contribution >= 4 is 16.2 Å². The SMILES string of the molecule is CC(NS(=O)(=O)N1CCCCC1C(=O)O)C1CCOC1. The lowest BCUT2D eigenvalue weighted by Gasteiger charge is -2.33. The van der Waals surface area contributed by atoms with E-state index in [4.69, 9.17) is 9.84 Å². The molecule has 116 valence electrons. The maximum Gasteiger partial charge on any atom is 0.322 e. The van der Waals surface area contributed by atoms with Crippen LogP contribution in [0.3, 0.4) is 0 Å². The first-order valence-corrected chi connectivity index (χ1v) is 8.45. The molecule has 2 aliphatic rings. The summed E-state index contributed by atoms with van der Waals surface area (Å²) < 4.78 is 33.7. The van der Waals surface area contributed by atoms with Gasteiger partial charge in [0.2, 0.25) is 0 Å². The quantitative estimate of drug-likeness (QED) is 0.755. The largest absolute Gasteiger partial charge is 0.480 e. The van der Waals surface area contributed by atoms with Crippen LogP contribution in [0.5, 0.6) is 0 Å². The molecule has 2 fully saturated rings. The molecule has 0 spiro atoms. The number of carboxylic acids is 1. The van der Waals surface area contributed by atoms with Crippen molar-refractivity contribution < 1.29 is 23.1 Å². The summed E-state index contributed by atoms with van der Waals surface area (Å²) in [5, 5.41) is 9.16. The number of rotatable bonds is 5. The van der Waals surface area contributed by atoms with Crippen LogP contribution in [0.2, 0.25) is 0 Å². The Kier molecular flexibility index (Phi) is 5.00. The standard InChI is InChI=1S/C12H22N2O5S/c1-9(10-5-7-19-8-10)13-20(17,18)14-6-3-2-4-11(14)12(15)16/h9-11,13H,2-8H2,1H3,(H,15,16). The fraction of sp³-hybridized carbons (Fsp3) is 0.917. The first kappa shape index (κ1) is 15.7. The molecule has 8 heteroatoms. The average Bonchev–Trinajstić information content (AvgIpc) is 2.92. The molecule has 2 N–H and O–H groups in total. The van der Waals surface area contributed by atoms with Crippen LogP contribution in [0.4, 0.5) is 0 Å². The van der Waals surface area contributed by atoms with Crippen molar-refractivity contribution in [3.05, 3.63) is 0 Å². The molecule has 0 aromatic rings. The molecule has 2 heterocycles. The third-order valence-electron chi connectivity index (χ3n) is 4.05. The van der Waals surface area contributed by atoms with Crippen molar-refractivity contribution in [3.8, 4) is 0 Å². The van der Waals surface area contributed by atoms with Crippen molar-refractivity contribution in [2.45, 2.75) is 44.7 Å². The number of carbonyl (C=O) groups is 1. The summed E-state index contributed by atoms with van der Waals surface area (Å²) in [6.07, 6.45) is 2.64. The highest BCUT2D eigenvalue weighted by Crippen LogP contribution is 2.22. The number of piperidine rings is 1. The molecular formula is C12H22N2O5S. The second-order valence-electron chi connectivity index (χ2n) is 5.50. The monoisotopic (exact) mass is 306 g/mol. The summed E-state index contributed by atoms with van der Waals surface area (Å²) in [4.78, 5) is 11.2. The van der Waals surface area contributed by atoms with Gasteiger partial charge >= 0.3 is 5.97 Å². The summed E-state index contributed by atoms with van der Waals surface area (Å²) in [5.41, 5.74) is 0. The van der Waals surface area contributed by atoms with Crippen LogP contribution >= 0.6 is 0 Å². The van der Waals surface area contributed by atoms with E-state index in [9.17, 15) is 13.2 Å². The van der Waals surface area contributed by atoms with E-state index in [1.54, 1.807) is 6.92 Å². The highest BCUT2D eigenvalue weighted by atomic mass is 32.2. The summed E-state index contributed by atoms with van der Waals surface area (Å²) in [7, 11) is -3.77. The van der Waals surface area contributed by atoms with Crippen molar-refractivity contribution in [1.29, 1.82) is 0 Å². The molecule has 0 aromatic heterocycles. The van der Waals surface area contributed by atoms with Crippen LogP contribution in [0.25, 0.3) is 0 Å². The number of hydrogen-bond acceptors (Lipinski definition) is 4. The summed E-state index contributed by atoms with van der Waals surface area (Å²) in [6, 6.07) is -1.20. The Morgan fingerprint density at radius 3 is 2.75 bits per heavy atom. The average molecular weight is 306 g/mol. The predicted molar refractivity (Wildman–Crippen MR) is 72.4 cm³/mol. The van der Waals surface area contributed by atoms with E-state index in [0.717, 1.165) is 17.1 Å². The predicted octanol–water partition coefficient (Wildman–Crippen LogP) is 0.185. The molecule has 3 unspecified atom stereocenters. The number of nitrogens with one attached hydrogen (secondary N) is 1. The van der Waals surface area contributed by atoms with E-state index in [0.29, 0.717) is 26.1 Å². The van der Waals surface area contributed by atoms with Gasteiger partial charge in [-0.15, -0.1) is 0 Å². The Morgan fingerprint density at radius 2 is 2.15 bits per heavy atom. The van der Waals surface area contributed by atoms with Crippen molar-refractivity contribution in [3.63, 3.8) is 0 Å². The third kappa shape index (κ3) is 3.49. The van der Waals surface area contributed by atoms with Crippen LogP contribution in [0, 0.1) is 5.92 Å². The molecule has 3 atom stereocenters. The van der Waals surface area contributed by atoms with Gasteiger partial charge in [0.25, 0.3) is 10.2 Å². The molecule has 0 aliphatic carbocycles. The number of aliphatic carboxylic acids is 1. The van der Waals surface area contributed by atoms with Crippen LogP contribution in [0.1, 0.15) is 32.6 Å². The number of hydrogen-bond donors (Lipinski definition) is 2. The summed E-state index contributed by atoms with van der Waals surface area (Å²) in [6.45, 7) is 3.26. The van der Waals surface area contributed by atoms with E-state index in [1.807, 2.05) is 0 Å². The van der Waals surface area contributed by atoms with Gasteiger partial charge in [-0.3, -0.25) is 4.79 Å². The Morgan fingerprint density at radius 1 is 1.40 bits per heavy atom. The fourth-order valence-corrected chi connectivity index (χ4v) is 4.48. The van der Waals surface area contributed by atoms with Gasteiger partial charge in [0.15, 0.2) is 0 Å². The minimum atomic E-state index is -3.77. The highest BCUT2D eigenvalue weighted by molar-refractivity contribution is 7.87. The Labute approximate surface area is 119 Å². The molecule has 0 aromatic carbocycles. The zero-order chi connectivity index (χ0) is 14.8. The highest BCUT2D eigenvalue weighted by Gasteiger charge is 2.38. The maximum atomic E-state index is 12.4. The van der Waals surface area contributed by atoms with Gasteiger partial charge in [-0.2, -0.15) is 17.4 Å². The smallest absolute Gasteiger partial charge is 0.322 e. The van der Waals surface area contributed by atoms with Crippen molar-refractivity contribution in [1.82, 2.24) is 9.03 Å². The van der Waals surface area contributed by atoms with E-state index >= 15 is 0 Å². The first-order valence-electron chi connectivity index (χ1n) is 7.01. The Hall–Kier alpha value is -0.700. The lowest BCUT2D eigenvalue weighted by atomic mass is 10.0. The van der Waals surface area contributed by atoms with Crippen molar-refractivity contribution in [2.24, 2.45) is 5.92 Å². The Balaban J connectivity index is 2.05. The summed E-state index contributed by atoms with van der Waals surface area (Å²) >= 11 is 0. The van der Waals surface area contributed by atoms with Gasteiger partial charge in [0, 0.05) is 25.1 Å². The van der Waals surface area contributed by atoms with Crippen LogP contribution in [0.15, 0.2) is 0 Å². The lowest BCUT2D eigenvalue weighted by molar-refractivity contribution is -0.142. The second kappa shape index (κ2) is 6.38. The van der Waals surface area contributed by atoms with E-state index in [-0.39, 0.29) is 18.5 Å². The summed E-state index contributed by atoms with van der Waals surface area (Å²) in [5.74, 6) is -0.926. The van der Waals surface area contributed by atoms with E-state index in [1.165, 1.54) is 0 Å². The topological polar surface area (TPSA) is 95.9 Å². The zero-order valence-corrected chi connectivity index (χ0v) is 12.4. The normalized spacial score (nSPS) is 30.2. The van der Waals surface area contributed by atoms with Gasteiger partial charge in [-0.05, 0) is 32.6 Å². The third-order valence-corrected chi connectivity index (χ3v) is 5.78. The van der Waals surface area contributed by atoms with Crippen molar-refractivity contribution in [2.75, 3.05) is 19.8 Å². The lowest BCUT2D eigenvalue weighted by Crippen LogP contribution is -2.54. The Bertz CT molecular complexity index is 447. The van der Waals surface area contributed by atoms with Gasteiger partial charge in [-0.1, -0.05) is 0 Å². The van der Waals surface area contributed by atoms with E-state index in [2.05, 4.69) is 4.72 Å². The van der Waals surface area contributed by atoms with E-state index < -0.39 is 22.2 Å². The number of ether oxygens (including phenoxy) is 1. The molecule has 7 nitrogen and oxygen atoms in total. The number of nitrogens with zero attached hydrogens (tertiary/aromatic N) is 1.